The second kappa shape index (κ2) is 6.91. The highest BCUT2D eigenvalue weighted by atomic mass is 79.9. The molecule has 2 aromatic rings. The zero-order valence-electron chi connectivity index (χ0n) is 13.5. The maximum absolute atomic E-state index is 6.74. The molecule has 24 heavy (non-hydrogen) atoms. The van der Waals surface area contributed by atoms with E-state index in [1.165, 1.54) is 37.1 Å². The number of benzene rings is 2. The maximum atomic E-state index is 6.74. The Bertz CT molecular complexity index is 643. The molecule has 0 aliphatic carbocycles. The molecule has 2 nitrogen and oxygen atoms in total. The fourth-order valence-corrected chi connectivity index (χ4v) is 5.01. The van der Waals surface area contributed by atoms with Gasteiger partial charge in [-0.05, 0) is 67.2 Å². The largest absolute Gasteiger partial charge is 0.326 e. The standard InChI is InChI=1S/C20H22Br2N2/c21-16-5-1-13(2-6-16)18(14-3-7-17(22)8-4-14)20-19(23)15-9-11-24(20)12-10-15/h1-8,15,18-20H,9-12,23H2. The predicted octanol–water partition coefficient (Wildman–Crippen LogP) is 4.77. The van der Waals surface area contributed by atoms with Crippen molar-refractivity contribution >= 4 is 31.9 Å². The molecule has 3 aliphatic rings. The van der Waals surface area contributed by atoms with Crippen LogP contribution >= 0.6 is 31.9 Å². The van der Waals surface area contributed by atoms with Gasteiger partial charge in [-0.1, -0.05) is 56.1 Å². The molecule has 126 valence electrons. The number of hydrogen-bond acceptors (Lipinski definition) is 2. The number of hydrogen-bond donors (Lipinski definition) is 1. The monoisotopic (exact) mass is 448 g/mol. The van der Waals surface area contributed by atoms with E-state index in [2.05, 4.69) is 85.3 Å². The smallest absolute Gasteiger partial charge is 0.0359 e. The molecule has 0 amide bonds. The molecule has 0 radical (unpaired) electrons. The fraction of sp³-hybridized carbons (Fsp3) is 0.400. The Hall–Kier alpha value is -0.680. The lowest BCUT2D eigenvalue weighted by atomic mass is 9.71. The summed E-state index contributed by atoms with van der Waals surface area (Å²) in [7, 11) is 0. The summed E-state index contributed by atoms with van der Waals surface area (Å²) < 4.78 is 2.24. The summed E-state index contributed by atoms with van der Waals surface area (Å²) in [6.07, 6.45) is 2.51. The molecule has 2 N–H and O–H groups in total. The number of nitrogens with two attached hydrogens (primary N) is 1. The lowest BCUT2D eigenvalue weighted by Gasteiger charge is -2.52. The SMILES string of the molecule is NC1C2CCN(CC2)C1C(c1ccc(Br)cc1)c1ccc(Br)cc1. The van der Waals surface area contributed by atoms with Gasteiger partial charge >= 0.3 is 0 Å². The van der Waals surface area contributed by atoms with Crippen molar-refractivity contribution in [1.82, 2.24) is 4.90 Å². The van der Waals surface area contributed by atoms with Gasteiger partial charge in [0.1, 0.15) is 0 Å². The molecule has 0 spiro atoms. The van der Waals surface area contributed by atoms with Crippen molar-refractivity contribution in [2.75, 3.05) is 13.1 Å². The van der Waals surface area contributed by atoms with Crippen LogP contribution in [-0.2, 0) is 0 Å². The second-order valence-corrected chi connectivity index (χ2v) is 8.85. The number of piperidine rings is 3. The van der Waals surface area contributed by atoms with Gasteiger partial charge in [-0.3, -0.25) is 4.90 Å². The molecule has 3 fully saturated rings. The molecule has 2 bridgehead atoms. The zero-order chi connectivity index (χ0) is 16.7. The summed E-state index contributed by atoms with van der Waals surface area (Å²) in [5.74, 6) is 0.998. The third-order valence-electron chi connectivity index (χ3n) is 5.73. The summed E-state index contributed by atoms with van der Waals surface area (Å²) >= 11 is 7.12. The first-order chi connectivity index (χ1) is 11.6. The van der Waals surface area contributed by atoms with E-state index in [-0.39, 0.29) is 6.04 Å². The number of rotatable bonds is 3. The van der Waals surface area contributed by atoms with Crippen LogP contribution in [0.4, 0.5) is 0 Å². The molecule has 0 saturated carbocycles. The maximum Gasteiger partial charge on any atom is 0.0359 e. The Kier molecular flexibility index (Phi) is 4.83. The van der Waals surface area contributed by atoms with E-state index in [0.29, 0.717) is 17.9 Å². The van der Waals surface area contributed by atoms with Gasteiger partial charge < -0.3 is 5.73 Å². The molecule has 3 heterocycles. The number of nitrogens with zero attached hydrogens (tertiary/aromatic N) is 1. The van der Waals surface area contributed by atoms with Gasteiger partial charge in [-0.15, -0.1) is 0 Å². The minimum atomic E-state index is 0.254. The van der Waals surface area contributed by atoms with Gasteiger partial charge in [0.2, 0.25) is 0 Å². The van der Waals surface area contributed by atoms with Crippen LogP contribution in [0.2, 0.25) is 0 Å². The molecule has 4 heteroatoms. The van der Waals surface area contributed by atoms with Crippen LogP contribution in [0.5, 0.6) is 0 Å². The van der Waals surface area contributed by atoms with E-state index >= 15 is 0 Å². The van der Waals surface area contributed by atoms with Crippen molar-refractivity contribution in [2.45, 2.75) is 30.8 Å². The van der Waals surface area contributed by atoms with Crippen LogP contribution in [0, 0.1) is 5.92 Å². The van der Waals surface area contributed by atoms with Gasteiger partial charge in [-0.2, -0.15) is 0 Å². The van der Waals surface area contributed by atoms with Gasteiger partial charge in [0.25, 0.3) is 0 Å². The third kappa shape index (κ3) is 3.10. The second-order valence-electron chi connectivity index (χ2n) is 7.02. The Morgan fingerprint density at radius 2 is 1.29 bits per heavy atom. The van der Waals surface area contributed by atoms with Crippen LogP contribution in [-0.4, -0.2) is 30.1 Å². The van der Waals surface area contributed by atoms with E-state index in [0.717, 1.165) is 8.95 Å². The van der Waals surface area contributed by atoms with Crippen molar-refractivity contribution in [3.8, 4) is 0 Å². The average molecular weight is 450 g/mol. The van der Waals surface area contributed by atoms with Crippen molar-refractivity contribution in [2.24, 2.45) is 11.7 Å². The highest BCUT2D eigenvalue weighted by Crippen LogP contribution is 2.41. The van der Waals surface area contributed by atoms with E-state index in [9.17, 15) is 0 Å². The van der Waals surface area contributed by atoms with Crippen LogP contribution in [0.1, 0.15) is 29.9 Å². The number of halogens is 2. The molecule has 2 unspecified atom stereocenters. The minimum absolute atomic E-state index is 0.254. The molecular weight excluding hydrogens is 428 g/mol. The zero-order valence-corrected chi connectivity index (χ0v) is 16.7. The quantitative estimate of drug-likeness (QED) is 0.731. The topological polar surface area (TPSA) is 29.3 Å². The summed E-state index contributed by atoms with van der Waals surface area (Å²) in [5, 5.41) is 0. The predicted molar refractivity (Wildman–Crippen MR) is 106 cm³/mol. The molecule has 5 rings (SSSR count). The lowest BCUT2D eigenvalue weighted by molar-refractivity contribution is 0.0204. The Balaban J connectivity index is 1.78. The van der Waals surface area contributed by atoms with Crippen molar-refractivity contribution in [3.05, 3.63) is 68.6 Å². The summed E-state index contributed by atoms with van der Waals surface area (Å²) in [6, 6.07) is 18.2. The van der Waals surface area contributed by atoms with Gasteiger partial charge in [0.15, 0.2) is 0 Å². The van der Waals surface area contributed by atoms with E-state index in [1.54, 1.807) is 0 Å². The van der Waals surface area contributed by atoms with E-state index < -0.39 is 0 Å². The van der Waals surface area contributed by atoms with Crippen molar-refractivity contribution in [1.29, 1.82) is 0 Å². The molecule has 3 saturated heterocycles. The fourth-order valence-electron chi connectivity index (χ4n) is 4.48. The normalized spacial score (nSPS) is 29.2. The van der Waals surface area contributed by atoms with Gasteiger partial charge in [0, 0.05) is 26.9 Å². The molecule has 2 aromatic carbocycles. The first-order valence-corrected chi connectivity index (χ1v) is 10.2. The van der Waals surface area contributed by atoms with Crippen LogP contribution in [0.25, 0.3) is 0 Å². The highest BCUT2D eigenvalue weighted by molar-refractivity contribution is 9.10. The van der Waals surface area contributed by atoms with Gasteiger partial charge in [-0.25, -0.2) is 0 Å². The third-order valence-corrected chi connectivity index (χ3v) is 6.79. The molecule has 2 atom stereocenters. The summed E-state index contributed by atoms with van der Waals surface area (Å²) in [5.41, 5.74) is 9.45. The van der Waals surface area contributed by atoms with E-state index in [4.69, 9.17) is 5.73 Å². The molecule has 3 aliphatic heterocycles. The summed E-state index contributed by atoms with van der Waals surface area (Å²) in [6.45, 7) is 2.37. The Morgan fingerprint density at radius 1 is 0.833 bits per heavy atom. The first kappa shape index (κ1) is 16.8. The van der Waals surface area contributed by atoms with Gasteiger partial charge in [0.05, 0.1) is 0 Å². The average Bonchev–Trinajstić information content (AvgIpc) is 2.61. The lowest BCUT2D eigenvalue weighted by Crippen LogP contribution is -2.63. The number of fused-ring (bicyclic) bond motifs is 3. The summed E-state index contributed by atoms with van der Waals surface area (Å²) in [4.78, 5) is 2.62. The van der Waals surface area contributed by atoms with E-state index in [1.807, 2.05) is 0 Å². The molecule has 0 aromatic heterocycles. The molecular formula is C20H22Br2N2. The van der Waals surface area contributed by atoms with Crippen LogP contribution < -0.4 is 5.73 Å². The van der Waals surface area contributed by atoms with Crippen molar-refractivity contribution in [3.63, 3.8) is 0 Å². The highest BCUT2D eigenvalue weighted by Gasteiger charge is 2.44. The van der Waals surface area contributed by atoms with Crippen LogP contribution in [0.3, 0.4) is 0 Å². The van der Waals surface area contributed by atoms with Crippen LogP contribution in [0.15, 0.2) is 57.5 Å². The Morgan fingerprint density at radius 3 is 1.71 bits per heavy atom. The minimum Gasteiger partial charge on any atom is -0.326 e. The van der Waals surface area contributed by atoms with Crippen molar-refractivity contribution < 1.29 is 0 Å². The first-order valence-electron chi connectivity index (χ1n) is 8.64. The Labute approximate surface area is 160 Å².